The first kappa shape index (κ1) is 25.2. The van der Waals surface area contributed by atoms with Crippen LogP contribution in [0.15, 0.2) is 24.3 Å². The fourth-order valence-electron chi connectivity index (χ4n) is 2.28. The zero-order valence-electron chi connectivity index (χ0n) is 16.2. The number of nitrogens with one attached hydrogen (secondary N) is 3. The molecule has 3 amide bonds. The smallest absolute Gasteiger partial charge is 0.326 e. The molecule has 4 atom stereocenters. The number of carboxylic acids is 1. The molecule has 0 fully saturated rings. The largest absolute Gasteiger partial charge is 0.508 e. The second-order valence-electron chi connectivity index (χ2n) is 6.56. The van der Waals surface area contributed by atoms with E-state index in [0.29, 0.717) is 5.56 Å². The van der Waals surface area contributed by atoms with E-state index in [4.69, 9.17) is 5.73 Å². The highest BCUT2D eigenvalue weighted by Gasteiger charge is 2.26. The average molecular weight is 442 g/mol. The zero-order chi connectivity index (χ0) is 22.8. The Hall–Kier alpha value is -2.83. The molecule has 12 heteroatoms. The number of rotatable bonds is 11. The second kappa shape index (κ2) is 12.0. The van der Waals surface area contributed by atoms with Crippen molar-refractivity contribution < 1.29 is 34.5 Å². The van der Waals surface area contributed by atoms with E-state index in [0.717, 1.165) is 0 Å². The van der Waals surface area contributed by atoms with Gasteiger partial charge in [0.25, 0.3) is 0 Å². The third-order valence-corrected chi connectivity index (χ3v) is 4.44. The highest BCUT2D eigenvalue weighted by Crippen LogP contribution is 2.11. The van der Waals surface area contributed by atoms with Crippen molar-refractivity contribution in [3.05, 3.63) is 29.8 Å². The number of carboxylic acid groups (broad SMARTS) is 1. The number of carbonyl (C=O) groups excluding carboxylic acids is 3. The first-order valence-electron chi connectivity index (χ1n) is 8.97. The maximum atomic E-state index is 12.4. The third kappa shape index (κ3) is 8.27. The lowest BCUT2D eigenvalue weighted by molar-refractivity contribution is -0.142. The molecular formula is C18H26N4O7S. The van der Waals surface area contributed by atoms with Gasteiger partial charge in [0.05, 0.1) is 12.6 Å². The van der Waals surface area contributed by atoms with Gasteiger partial charge in [0, 0.05) is 12.2 Å². The molecule has 0 saturated heterocycles. The van der Waals surface area contributed by atoms with E-state index < -0.39 is 54.5 Å². The first-order valence-corrected chi connectivity index (χ1v) is 9.61. The molecule has 1 rings (SSSR count). The number of hydrogen-bond donors (Lipinski definition) is 8. The molecule has 1 aromatic carbocycles. The molecule has 30 heavy (non-hydrogen) atoms. The Balaban J connectivity index is 2.64. The summed E-state index contributed by atoms with van der Waals surface area (Å²) in [6.07, 6.45) is -1.15. The molecule has 0 aliphatic rings. The quantitative estimate of drug-likeness (QED) is 0.176. The SMILES string of the molecule is CC(O)C(N)C(=O)NCC(=O)NC(CS)C(=O)NC(Cc1ccc(O)cc1)C(=O)O. The van der Waals surface area contributed by atoms with Crippen LogP contribution in [0.4, 0.5) is 0 Å². The van der Waals surface area contributed by atoms with Crippen LogP contribution in [0.5, 0.6) is 5.75 Å². The maximum absolute atomic E-state index is 12.4. The van der Waals surface area contributed by atoms with Gasteiger partial charge in [0.1, 0.15) is 23.9 Å². The van der Waals surface area contributed by atoms with Gasteiger partial charge in [-0.1, -0.05) is 12.1 Å². The number of amides is 3. The molecule has 0 heterocycles. The van der Waals surface area contributed by atoms with E-state index in [1.807, 2.05) is 0 Å². The van der Waals surface area contributed by atoms with Crippen molar-refractivity contribution in [1.82, 2.24) is 16.0 Å². The number of phenols is 1. The predicted molar refractivity (Wildman–Crippen MR) is 110 cm³/mol. The average Bonchev–Trinajstić information content (AvgIpc) is 2.70. The molecule has 0 aliphatic carbocycles. The maximum Gasteiger partial charge on any atom is 0.326 e. The molecule has 0 spiro atoms. The molecule has 0 bridgehead atoms. The highest BCUT2D eigenvalue weighted by molar-refractivity contribution is 7.80. The molecule has 8 N–H and O–H groups in total. The van der Waals surface area contributed by atoms with E-state index in [2.05, 4.69) is 28.6 Å². The summed E-state index contributed by atoms with van der Waals surface area (Å²) in [5, 5.41) is 34.8. The first-order chi connectivity index (χ1) is 14.0. The van der Waals surface area contributed by atoms with Crippen molar-refractivity contribution in [2.24, 2.45) is 5.73 Å². The van der Waals surface area contributed by atoms with Crippen LogP contribution in [0, 0.1) is 0 Å². The highest BCUT2D eigenvalue weighted by atomic mass is 32.1. The van der Waals surface area contributed by atoms with Crippen molar-refractivity contribution in [3.63, 3.8) is 0 Å². The van der Waals surface area contributed by atoms with Gasteiger partial charge in [-0.15, -0.1) is 0 Å². The van der Waals surface area contributed by atoms with E-state index in [1.165, 1.54) is 31.2 Å². The van der Waals surface area contributed by atoms with Crippen molar-refractivity contribution >= 4 is 36.3 Å². The number of aliphatic carboxylic acids is 1. The standard InChI is InChI=1S/C18H26N4O7S/c1-9(23)15(19)17(27)20-7-14(25)21-13(8-30)16(26)22-12(18(28)29)6-10-2-4-11(24)5-3-10/h2-5,9,12-13,15,23-24,30H,6-8,19H2,1H3,(H,20,27)(H,21,25)(H,22,26)(H,28,29). The molecule has 0 aromatic heterocycles. The Labute approximate surface area is 178 Å². The molecular weight excluding hydrogens is 416 g/mol. The molecule has 4 unspecified atom stereocenters. The molecule has 0 aliphatic heterocycles. The number of thiol groups is 1. The van der Waals surface area contributed by atoms with E-state index in [-0.39, 0.29) is 17.9 Å². The summed E-state index contributed by atoms with van der Waals surface area (Å²) < 4.78 is 0. The second-order valence-corrected chi connectivity index (χ2v) is 6.92. The number of benzene rings is 1. The van der Waals surface area contributed by atoms with Crippen molar-refractivity contribution in [1.29, 1.82) is 0 Å². The number of carbonyl (C=O) groups is 4. The third-order valence-electron chi connectivity index (χ3n) is 4.07. The minimum Gasteiger partial charge on any atom is -0.508 e. The minimum absolute atomic E-state index is 0.0222. The summed E-state index contributed by atoms with van der Waals surface area (Å²) in [4.78, 5) is 47.5. The molecule has 166 valence electrons. The topological polar surface area (TPSA) is 191 Å². The monoisotopic (exact) mass is 442 g/mol. The Bertz CT molecular complexity index is 757. The van der Waals surface area contributed by atoms with Gasteiger partial charge < -0.3 is 37.0 Å². The summed E-state index contributed by atoms with van der Waals surface area (Å²) in [6.45, 7) is 0.829. The van der Waals surface area contributed by atoms with Crippen LogP contribution < -0.4 is 21.7 Å². The number of nitrogens with two attached hydrogens (primary N) is 1. The lowest BCUT2D eigenvalue weighted by atomic mass is 10.1. The van der Waals surface area contributed by atoms with Crippen LogP contribution in [-0.4, -0.2) is 75.5 Å². The molecule has 0 saturated carbocycles. The van der Waals surface area contributed by atoms with Gasteiger partial charge in [0.2, 0.25) is 17.7 Å². The number of hydrogen-bond acceptors (Lipinski definition) is 8. The van der Waals surface area contributed by atoms with Crippen molar-refractivity contribution in [2.75, 3.05) is 12.3 Å². The number of aromatic hydroxyl groups is 1. The van der Waals surface area contributed by atoms with E-state index in [9.17, 15) is 34.5 Å². The lowest BCUT2D eigenvalue weighted by Gasteiger charge is -2.21. The lowest BCUT2D eigenvalue weighted by Crippen LogP contribution is -2.55. The fraction of sp³-hybridized carbons (Fsp3) is 0.444. The van der Waals surface area contributed by atoms with Gasteiger partial charge in [-0.2, -0.15) is 12.6 Å². The van der Waals surface area contributed by atoms with Crippen LogP contribution >= 0.6 is 12.6 Å². The van der Waals surface area contributed by atoms with Crippen LogP contribution in [0.3, 0.4) is 0 Å². The van der Waals surface area contributed by atoms with Crippen LogP contribution in [-0.2, 0) is 25.6 Å². The normalized spacial score (nSPS) is 14.7. The molecule has 0 radical (unpaired) electrons. The van der Waals surface area contributed by atoms with Crippen LogP contribution in [0.1, 0.15) is 12.5 Å². The van der Waals surface area contributed by atoms with Crippen LogP contribution in [0.2, 0.25) is 0 Å². The summed E-state index contributed by atoms with van der Waals surface area (Å²) in [5.41, 5.74) is 6.01. The van der Waals surface area contributed by atoms with E-state index >= 15 is 0 Å². The Morgan fingerprint density at radius 2 is 1.67 bits per heavy atom. The molecule has 1 aromatic rings. The Kier molecular flexibility index (Phi) is 10.1. The Morgan fingerprint density at radius 3 is 2.17 bits per heavy atom. The Morgan fingerprint density at radius 1 is 1.07 bits per heavy atom. The summed E-state index contributed by atoms with van der Waals surface area (Å²) in [7, 11) is 0. The summed E-state index contributed by atoms with van der Waals surface area (Å²) in [5.74, 6) is -3.61. The van der Waals surface area contributed by atoms with Gasteiger partial charge in [-0.3, -0.25) is 14.4 Å². The van der Waals surface area contributed by atoms with Gasteiger partial charge in [-0.05, 0) is 24.6 Å². The molecule has 11 nitrogen and oxygen atoms in total. The van der Waals surface area contributed by atoms with Gasteiger partial charge >= 0.3 is 5.97 Å². The predicted octanol–water partition coefficient (Wildman–Crippen LogP) is -2.26. The summed E-state index contributed by atoms with van der Waals surface area (Å²) >= 11 is 3.99. The fourth-order valence-corrected chi connectivity index (χ4v) is 2.54. The number of aliphatic hydroxyl groups is 1. The van der Waals surface area contributed by atoms with Crippen molar-refractivity contribution in [3.8, 4) is 5.75 Å². The van der Waals surface area contributed by atoms with E-state index in [1.54, 1.807) is 0 Å². The number of phenolic OH excluding ortho intramolecular Hbond substituents is 1. The van der Waals surface area contributed by atoms with Gasteiger partial charge in [0.15, 0.2) is 0 Å². The minimum atomic E-state index is -1.28. The van der Waals surface area contributed by atoms with Crippen molar-refractivity contribution in [2.45, 2.75) is 37.6 Å². The number of aliphatic hydroxyl groups excluding tert-OH is 1. The van der Waals surface area contributed by atoms with Crippen LogP contribution in [0.25, 0.3) is 0 Å². The van der Waals surface area contributed by atoms with Gasteiger partial charge in [-0.25, -0.2) is 4.79 Å². The summed E-state index contributed by atoms with van der Waals surface area (Å²) in [6, 6.07) is 2.20. The zero-order valence-corrected chi connectivity index (χ0v) is 17.1.